The number of nitrogens with one attached hydrogen (secondary N) is 1. The maximum Gasteiger partial charge on any atom is 0.223 e. The third kappa shape index (κ3) is 5.22. The molecular formula is C20H31FN2O. The van der Waals surface area contributed by atoms with Crippen molar-refractivity contribution >= 4 is 11.6 Å². The Kier molecular flexibility index (Phi) is 7.54. The first-order valence-corrected chi connectivity index (χ1v) is 9.42. The Morgan fingerprint density at radius 1 is 1.29 bits per heavy atom. The van der Waals surface area contributed by atoms with Crippen LogP contribution in [0.4, 0.5) is 10.1 Å². The summed E-state index contributed by atoms with van der Waals surface area (Å²) >= 11 is 0. The number of anilines is 1. The summed E-state index contributed by atoms with van der Waals surface area (Å²) in [4.78, 5) is 14.4. The highest BCUT2D eigenvalue weighted by molar-refractivity contribution is 5.79. The zero-order valence-electron chi connectivity index (χ0n) is 15.1. The van der Waals surface area contributed by atoms with Crippen LogP contribution in [0, 0.1) is 17.7 Å². The SMILES string of the molecule is CCCCC(CC)CNC(=O)C1CCN(c2ccccc2F)CC1. The van der Waals surface area contributed by atoms with Crippen molar-refractivity contribution < 1.29 is 9.18 Å². The van der Waals surface area contributed by atoms with Crippen LogP contribution in [0.1, 0.15) is 52.4 Å². The van der Waals surface area contributed by atoms with E-state index in [1.807, 2.05) is 12.1 Å². The van der Waals surface area contributed by atoms with E-state index in [0.29, 0.717) is 11.6 Å². The van der Waals surface area contributed by atoms with Gasteiger partial charge in [0.2, 0.25) is 5.91 Å². The molecule has 1 aromatic carbocycles. The van der Waals surface area contributed by atoms with Crippen LogP contribution in [0.3, 0.4) is 0 Å². The predicted molar refractivity (Wildman–Crippen MR) is 97.7 cm³/mol. The Morgan fingerprint density at radius 3 is 2.62 bits per heavy atom. The zero-order valence-corrected chi connectivity index (χ0v) is 15.1. The molecule has 1 N–H and O–H groups in total. The monoisotopic (exact) mass is 334 g/mol. The second-order valence-electron chi connectivity index (χ2n) is 6.87. The summed E-state index contributed by atoms with van der Waals surface area (Å²) in [6, 6.07) is 6.88. The van der Waals surface area contributed by atoms with E-state index >= 15 is 0 Å². The zero-order chi connectivity index (χ0) is 17.4. The van der Waals surface area contributed by atoms with Gasteiger partial charge < -0.3 is 10.2 Å². The Bertz CT molecular complexity index is 512. The summed E-state index contributed by atoms with van der Waals surface area (Å²) in [5.74, 6) is 0.657. The molecule has 0 radical (unpaired) electrons. The number of unbranched alkanes of at least 4 members (excludes halogenated alkanes) is 1. The van der Waals surface area contributed by atoms with E-state index in [1.54, 1.807) is 6.07 Å². The Hall–Kier alpha value is -1.58. The fourth-order valence-corrected chi connectivity index (χ4v) is 3.42. The Labute approximate surface area is 145 Å². The smallest absolute Gasteiger partial charge is 0.223 e. The molecule has 4 heteroatoms. The van der Waals surface area contributed by atoms with Gasteiger partial charge in [0.1, 0.15) is 5.82 Å². The number of hydrogen-bond donors (Lipinski definition) is 1. The van der Waals surface area contributed by atoms with Crippen molar-refractivity contribution in [3.63, 3.8) is 0 Å². The van der Waals surface area contributed by atoms with Crippen LogP contribution in [0.25, 0.3) is 0 Å². The van der Waals surface area contributed by atoms with Crippen LogP contribution in [0.15, 0.2) is 24.3 Å². The van der Waals surface area contributed by atoms with Crippen molar-refractivity contribution in [1.29, 1.82) is 0 Å². The number of carbonyl (C=O) groups excluding carboxylic acids is 1. The number of benzene rings is 1. The maximum atomic E-state index is 13.9. The highest BCUT2D eigenvalue weighted by atomic mass is 19.1. The Morgan fingerprint density at radius 2 is 2.00 bits per heavy atom. The van der Waals surface area contributed by atoms with Gasteiger partial charge in [-0.05, 0) is 37.3 Å². The number of hydrogen-bond acceptors (Lipinski definition) is 2. The summed E-state index contributed by atoms with van der Waals surface area (Å²) in [7, 11) is 0. The van der Waals surface area contributed by atoms with Crippen molar-refractivity contribution in [3.05, 3.63) is 30.1 Å². The second-order valence-corrected chi connectivity index (χ2v) is 6.87. The van der Waals surface area contributed by atoms with E-state index < -0.39 is 0 Å². The molecule has 1 amide bonds. The molecule has 0 aromatic heterocycles. The van der Waals surface area contributed by atoms with Crippen LogP contribution >= 0.6 is 0 Å². The number of carbonyl (C=O) groups is 1. The normalized spacial score (nSPS) is 16.9. The molecule has 134 valence electrons. The van der Waals surface area contributed by atoms with Crippen LogP contribution < -0.4 is 10.2 Å². The lowest BCUT2D eigenvalue weighted by atomic mass is 9.94. The summed E-state index contributed by atoms with van der Waals surface area (Å²) in [6.07, 6.45) is 6.34. The van der Waals surface area contributed by atoms with Crippen molar-refractivity contribution in [2.24, 2.45) is 11.8 Å². The van der Waals surface area contributed by atoms with Crippen LogP contribution in [-0.2, 0) is 4.79 Å². The van der Waals surface area contributed by atoms with Gasteiger partial charge in [0.05, 0.1) is 5.69 Å². The molecule has 1 atom stereocenters. The molecular weight excluding hydrogens is 303 g/mol. The molecule has 0 saturated carbocycles. The predicted octanol–water partition coefficient (Wildman–Crippen LogP) is 4.37. The molecule has 1 aliphatic heterocycles. The van der Waals surface area contributed by atoms with Gasteiger partial charge >= 0.3 is 0 Å². The topological polar surface area (TPSA) is 32.3 Å². The first-order chi connectivity index (χ1) is 11.7. The van der Waals surface area contributed by atoms with Crippen LogP contribution in [0.5, 0.6) is 0 Å². The molecule has 24 heavy (non-hydrogen) atoms. The lowest BCUT2D eigenvalue weighted by Crippen LogP contribution is -2.42. The quantitative estimate of drug-likeness (QED) is 0.765. The van der Waals surface area contributed by atoms with E-state index in [-0.39, 0.29) is 17.6 Å². The van der Waals surface area contributed by atoms with Crippen LogP contribution in [-0.4, -0.2) is 25.5 Å². The van der Waals surface area contributed by atoms with Crippen molar-refractivity contribution in [2.45, 2.75) is 52.4 Å². The number of para-hydroxylation sites is 1. The van der Waals surface area contributed by atoms with Gasteiger partial charge in [-0.25, -0.2) is 4.39 Å². The molecule has 1 aromatic rings. The molecule has 1 heterocycles. The second kappa shape index (κ2) is 9.65. The van der Waals surface area contributed by atoms with Crippen molar-refractivity contribution in [3.8, 4) is 0 Å². The Balaban J connectivity index is 1.77. The molecule has 1 aliphatic rings. The number of piperidine rings is 1. The molecule has 0 aliphatic carbocycles. The summed E-state index contributed by atoms with van der Waals surface area (Å²) in [6.45, 7) is 6.68. The maximum absolute atomic E-state index is 13.9. The van der Waals surface area contributed by atoms with Gasteiger partial charge in [0.15, 0.2) is 0 Å². The molecule has 0 spiro atoms. The largest absolute Gasteiger partial charge is 0.369 e. The minimum absolute atomic E-state index is 0.0664. The minimum Gasteiger partial charge on any atom is -0.369 e. The number of amides is 1. The lowest BCUT2D eigenvalue weighted by molar-refractivity contribution is -0.125. The van der Waals surface area contributed by atoms with Gasteiger partial charge in [-0.15, -0.1) is 0 Å². The fourth-order valence-electron chi connectivity index (χ4n) is 3.42. The minimum atomic E-state index is -0.179. The van der Waals surface area contributed by atoms with Crippen LogP contribution in [0.2, 0.25) is 0 Å². The summed E-state index contributed by atoms with van der Waals surface area (Å²) in [5.41, 5.74) is 0.655. The molecule has 2 rings (SSSR count). The fraction of sp³-hybridized carbons (Fsp3) is 0.650. The van der Waals surface area contributed by atoms with Crippen molar-refractivity contribution in [1.82, 2.24) is 5.32 Å². The molecule has 1 fully saturated rings. The first-order valence-electron chi connectivity index (χ1n) is 9.42. The molecule has 1 saturated heterocycles. The number of halogens is 1. The van der Waals surface area contributed by atoms with E-state index in [9.17, 15) is 9.18 Å². The van der Waals surface area contributed by atoms with Gasteiger partial charge in [0, 0.05) is 25.6 Å². The van der Waals surface area contributed by atoms with Gasteiger partial charge in [-0.3, -0.25) is 4.79 Å². The molecule has 0 bridgehead atoms. The first kappa shape index (κ1) is 18.8. The lowest BCUT2D eigenvalue weighted by Gasteiger charge is -2.33. The summed E-state index contributed by atoms with van der Waals surface area (Å²) in [5, 5.41) is 3.15. The van der Waals surface area contributed by atoms with Gasteiger partial charge in [0.25, 0.3) is 0 Å². The number of nitrogens with zero attached hydrogens (tertiary/aromatic N) is 1. The standard InChI is InChI=1S/C20H31FN2O/c1-3-5-8-16(4-2)15-22-20(24)17-11-13-23(14-12-17)19-10-7-6-9-18(19)21/h6-7,9-10,16-17H,3-5,8,11-15H2,1-2H3,(H,22,24). The average molecular weight is 334 g/mol. The van der Waals surface area contributed by atoms with Gasteiger partial charge in [-0.1, -0.05) is 45.2 Å². The molecule has 3 nitrogen and oxygen atoms in total. The average Bonchev–Trinajstić information content (AvgIpc) is 2.62. The third-order valence-electron chi connectivity index (χ3n) is 5.17. The van der Waals surface area contributed by atoms with E-state index in [1.165, 1.54) is 25.3 Å². The summed E-state index contributed by atoms with van der Waals surface area (Å²) < 4.78 is 13.9. The third-order valence-corrected chi connectivity index (χ3v) is 5.17. The van der Waals surface area contributed by atoms with Gasteiger partial charge in [-0.2, -0.15) is 0 Å². The molecule has 1 unspecified atom stereocenters. The van der Waals surface area contributed by atoms with E-state index in [4.69, 9.17) is 0 Å². The van der Waals surface area contributed by atoms with E-state index in [0.717, 1.165) is 38.9 Å². The number of rotatable bonds is 8. The van der Waals surface area contributed by atoms with E-state index in [2.05, 4.69) is 24.1 Å². The highest BCUT2D eigenvalue weighted by Gasteiger charge is 2.26. The highest BCUT2D eigenvalue weighted by Crippen LogP contribution is 2.25. The van der Waals surface area contributed by atoms with Crippen molar-refractivity contribution in [2.75, 3.05) is 24.5 Å².